The first-order valence-corrected chi connectivity index (χ1v) is 15.0. The number of anilines is 2. The van der Waals surface area contributed by atoms with Crippen LogP contribution in [0.3, 0.4) is 0 Å². The second kappa shape index (κ2) is 9.18. The Labute approximate surface area is 238 Å². The van der Waals surface area contributed by atoms with Crippen molar-refractivity contribution in [2.45, 2.75) is 32.1 Å². The fourth-order valence-corrected chi connectivity index (χ4v) is 7.99. The van der Waals surface area contributed by atoms with E-state index in [0.717, 1.165) is 68.7 Å². The summed E-state index contributed by atoms with van der Waals surface area (Å²) in [7, 11) is 0. The lowest BCUT2D eigenvalue weighted by Crippen LogP contribution is -2.58. The molecule has 40 heavy (non-hydrogen) atoms. The van der Waals surface area contributed by atoms with Crippen LogP contribution in [-0.2, 0) is 0 Å². The molecule has 1 spiro atoms. The van der Waals surface area contributed by atoms with E-state index in [1.54, 1.807) is 12.1 Å². The zero-order valence-electron chi connectivity index (χ0n) is 22.5. The molecule has 8 heteroatoms. The summed E-state index contributed by atoms with van der Waals surface area (Å²) in [6.07, 6.45) is 5.97. The van der Waals surface area contributed by atoms with Gasteiger partial charge in [0.2, 0.25) is 5.95 Å². The van der Waals surface area contributed by atoms with Gasteiger partial charge < -0.3 is 20.2 Å². The lowest BCUT2D eigenvalue weighted by atomic mass is 9.73. The van der Waals surface area contributed by atoms with Crippen molar-refractivity contribution in [2.24, 2.45) is 17.3 Å². The van der Waals surface area contributed by atoms with Crippen molar-refractivity contribution < 1.29 is 9.50 Å². The number of nitrogens with zero attached hydrogens (tertiary/aromatic N) is 4. The maximum atomic E-state index is 16.8. The quantitative estimate of drug-likeness (QED) is 0.305. The largest absolute Gasteiger partial charge is 0.508 e. The predicted octanol–water partition coefficient (Wildman–Crippen LogP) is 6.37. The zero-order valence-corrected chi connectivity index (χ0v) is 23.2. The van der Waals surface area contributed by atoms with Gasteiger partial charge in [-0.3, -0.25) is 0 Å². The number of piperidine rings is 2. The summed E-state index contributed by atoms with van der Waals surface area (Å²) in [6, 6.07) is 12.8. The highest BCUT2D eigenvalue weighted by atomic mass is 35.5. The maximum absolute atomic E-state index is 16.8. The third-order valence-corrected chi connectivity index (χ3v) is 10.3. The Bertz CT molecular complexity index is 1630. The van der Waals surface area contributed by atoms with Crippen LogP contribution >= 0.6 is 11.6 Å². The summed E-state index contributed by atoms with van der Waals surface area (Å²) in [5.74, 6) is 2.34. The van der Waals surface area contributed by atoms with Crippen LogP contribution in [0.25, 0.3) is 32.8 Å². The van der Waals surface area contributed by atoms with E-state index in [4.69, 9.17) is 21.6 Å². The van der Waals surface area contributed by atoms with Crippen LogP contribution in [0.2, 0.25) is 5.02 Å². The van der Waals surface area contributed by atoms with Crippen molar-refractivity contribution in [1.29, 1.82) is 0 Å². The second-order valence-electron chi connectivity index (χ2n) is 12.5. The molecule has 206 valence electrons. The number of hydrogen-bond donors (Lipinski definition) is 2. The Balaban J connectivity index is 1.31. The number of halogens is 2. The molecule has 8 rings (SSSR count). The molecule has 1 aromatic heterocycles. The van der Waals surface area contributed by atoms with E-state index in [1.807, 2.05) is 30.3 Å². The van der Waals surface area contributed by atoms with Crippen LogP contribution < -0.4 is 15.1 Å². The predicted molar refractivity (Wildman–Crippen MR) is 159 cm³/mol. The van der Waals surface area contributed by atoms with Crippen LogP contribution in [0, 0.1) is 23.1 Å². The number of phenols is 1. The van der Waals surface area contributed by atoms with E-state index in [-0.39, 0.29) is 11.3 Å². The second-order valence-corrected chi connectivity index (χ2v) is 13.0. The summed E-state index contributed by atoms with van der Waals surface area (Å²) < 4.78 is 16.8. The first-order chi connectivity index (χ1) is 19.5. The minimum Gasteiger partial charge on any atom is -0.508 e. The van der Waals surface area contributed by atoms with Crippen LogP contribution in [0.1, 0.15) is 32.1 Å². The molecule has 4 fully saturated rings. The molecule has 4 aliphatic rings. The number of aromatic nitrogens is 2. The Hall–Kier alpha value is -3.16. The van der Waals surface area contributed by atoms with Crippen LogP contribution in [0.15, 0.2) is 42.5 Å². The number of nitrogens with one attached hydrogen (secondary N) is 1. The summed E-state index contributed by atoms with van der Waals surface area (Å²) in [5, 5.41) is 16.6. The third-order valence-electron chi connectivity index (χ3n) is 9.98. The van der Waals surface area contributed by atoms with E-state index in [9.17, 15) is 5.11 Å². The molecule has 1 saturated carbocycles. The topological polar surface area (TPSA) is 64.5 Å². The minimum absolute atomic E-state index is 0.0739. The summed E-state index contributed by atoms with van der Waals surface area (Å²) in [5.41, 5.74) is 1.53. The molecule has 3 saturated heterocycles. The summed E-state index contributed by atoms with van der Waals surface area (Å²) >= 11 is 6.91. The van der Waals surface area contributed by atoms with Gasteiger partial charge in [-0.05, 0) is 83.9 Å². The van der Waals surface area contributed by atoms with Crippen LogP contribution in [-0.4, -0.2) is 54.3 Å². The Morgan fingerprint density at radius 1 is 0.950 bits per heavy atom. The highest BCUT2D eigenvalue weighted by molar-refractivity contribution is 6.35. The molecule has 6 nitrogen and oxygen atoms in total. The van der Waals surface area contributed by atoms with Gasteiger partial charge in [-0.15, -0.1) is 0 Å². The summed E-state index contributed by atoms with van der Waals surface area (Å²) in [6.45, 7) is 5.78. The fraction of sp³-hybridized carbons (Fsp3) is 0.438. The van der Waals surface area contributed by atoms with E-state index < -0.39 is 5.82 Å². The lowest BCUT2D eigenvalue weighted by molar-refractivity contribution is 0.126. The highest BCUT2D eigenvalue weighted by Gasteiger charge is 2.41. The molecular formula is C32H33ClFN5O. The molecular weight excluding hydrogens is 525 g/mol. The Morgan fingerprint density at radius 3 is 2.42 bits per heavy atom. The molecule has 1 aliphatic carbocycles. The number of phenolic OH excluding ortho intramolecular Hbond substituents is 1. The molecule has 0 amide bonds. The average molecular weight is 558 g/mol. The highest BCUT2D eigenvalue weighted by Crippen LogP contribution is 2.45. The Kier molecular flexibility index (Phi) is 5.65. The smallest absolute Gasteiger partial charge is 0.227 e. The van der Waals surface area contributed by atoms with Gasteiger partial charge >= 0.3 is 0 Å². The molecule has 2 bridgehead atoms. The molecule has 3 aromatic carbocycles. The van der Waals surface area contributed by atoms with Gasteiger partial charge in [0.15, 0.2) is 5.82 Å². The summed E-state index contributed by atoms with van der Waals surface area (Å²) in [4.78, 5) is 14.6. The first-order valence-electron chi connectivity index (χ1n) is 14.6. The van der Waals surface area contributed by atoms with Crippen LogP contribution in [0.4, 0.5) is 16.2 Å². The SMILES string of the molecule is Oc1cc(-c2c(Cl)cc3c(N4CC5CCC(C5)C4)nc(N4CCC5(CC4)CNC5)nc3c2F)c2ccccc2c1. The van der Waals surface area contributed by atoms with Crippen molar-refractivity contribution in [3.8, 4) is 16.9 Å². The first kappa shape index (κ1) is 24.6. The van der Waals surface area contributed by atoms with E-state index in [2.05, 4.69) is 15.1 Å². The number of rotatable bonds is 3. The third kappa shape index (κ3) is 3.92. The van der Waals surface area contributed by atoms with Gasteiger partial charge in [0.05, 0.1) is 5.02 Å². The zero-order chi connectivity index (χ0) is 27.0. The molecule has 3 aliphatic heterocycles. The van der Waals surface area contributed by atoms with Crippen molar-refractivity contribution in [3.63, 3.8) is 0 Å². The van der Waals surface area contributed by atoms with Gasteiger partial charge in [-0.1, -0.05) is 35.9 Å². The average Bonchev–Trinajstić information content (AvgIpc) is 3.28. The molecule has 2 unspecified atom stereocenters. The molecule has 0 radical (unpaired) electrons. The van der Waals surface area contributed by atoms with Gasteiger partial charge in [-0.2, -0.15) is 4.98 Å². The fourth-order valence-electron chi connectivity index (χ4n) is 7.69. The van der Waals surface area contributed by atoms with Gasteiger partial charge in [0, 0.05) is 50.2 Å². The van der Waals surface area contributed by atoms with Gasteiger partial charge in [-0.25, -0.2) is 9.37 Å². The van der Waals surface area contributed by atoms with E-state index in [1.165, 1.54) is 19.3 Å². The normalized spacial score (nSPS) is 23.8. The van der Waals surface area contributed by atoms with Crippen molar-refractivity contribution in [2.75, 3.05) is 49.1 Å². The lowest BCUT2D eigenvalue weighted by Gasteiger charge is -2.48. The number of benzene rings is 3. The number of fused-ring (bicyclic) bond motifs is 4. The standard InChI is InChI=1S/C32H33ClFN5O/c33-26-14-25-29(28(34)27(26)24-13-22(40)12-21-3-1-2-4-23(21)24)36-31(38-9-7-32(8-10-38)17-35-18-32)37-30(25)39-15-19-5-6-20(11-19)16-39/h1-4,12-14,19-20,35,40H,5-11,15-18H2. The molecule has 2 N–H and O–H groups in total. The number of aromatic hydroxyl groups is 1. The Morgan fingerprint density at radius 2 is 1.70 bits per heavy atom. The van der Waals surface area contributed by atoms with Gasteiger partial charge in [0.1, 0.15) is 17.1 Å². The molecule has 2 atom stereocenters. The molecule has 4 aromatic rings. The van der Waals surface area contributed by atoms with E-state index >= 15 is 4.39 Å². The number of hydrogen-bond acceptors (Lipinski definition) is 6. The van der Waals surface area contributed by atoms with E-state index in [0.29, 0.717) is 44.7 Å². The van der Waals surface area contributed by atoms with Crippen molar-refractivity contribution in [3.05, 3.63) is 53.3 Å². The minimum atomic E-state index is -0.459. The van der Waals surface area contributed by atoms with Crippen molar-refractivity contribution >= 4 is 45.0 Å². The van der Waals surface area contributed by atoms with Gasteiger partial charge in [0.25, 0.3) is 0 Å². The molecule has 4 heterocycles. The van der Waals surface area contributed by atoms with Crippen molar-refractivity contribution in [1.82, 2.24) is 15.3 Å². The maximum Gasteiger partial charge on any atom is 0.227 e. The monoisotopic (exact) mass is 557 g/mol. The van der Waals surface area contributed by atoms with Crippen LogP contribution in [0.5, 0.6) is 5.75 Å².